The molecule has 0 aliphatic heterocycles. The molecular formula is C15H23NO4. The number of benzene rings is 1. The molecule has 20 heavy (non-hydrogen) atoms. The molecule has 0 fully saturated rings. The third-order valence-electron chi connectivity index (χ3n) is 3.27. The lowest BCUT2D eigenvalue weighted by Crippen LogP contribution is -2.14. The van der Waals surface area contributed by atoms with E-state index in [1.807, 2.05) is 12.1 Å². The lowest BCUT2D eigenvalue weighted by Gasteiger charge is -2.20. The molecule has 1 rings (SSSR count). The molecule has 0 amide bonds. The predicted molar refractivity (Wildman–Crippen MR) is 77.4 cm³/mol. The van der Waals surface area contributed by atoms with Gasteiger partial charge in [-0.3, -0.25) is 4.79 Å². The summed E-state index contributed by atoms with van der Waals surface area (Å²) >= 11 is 0. The van der Waals surface area contributed by atoms with E-state index in [1.54, 1.807) is 14.2 Å². The van der Waals surface area contributed by atoms with Gasteiger partial charge in [-0.2, -0.15) is 0 Å². The van der Waals surface area contributed by atoms with Crippen LogP contribution in [-0.4, -0.2) is 25.3 Å². The Morgan fingerprint density at radius 2 is 1.70 bits per heavy atom. The maximum absolute atomic E-state index is 10.6. The van der Waals surface area contributed by atoms with E-state index in [0.29, 0.717) is 18.1 Å². The van der Waals surface area contributed by atoms with Crippen molar-refractivity contribution in [2.45, 2.75) is 38.6 Å². The first-order chi connectivity index (χ1) is 9.40. The number of methoxy groups -OCH3 is 2. The molecule has 0 bridgehead atoms. The third-order valence-corrected chi connectivity index (χ3v) is 3.27. The van der Waals surface area contributed by atoms with Gasteiger partial charge in [-0.05, 0) is 24.5 Å². The minimum absolute atomic E-state index is 0.0264. The molecule has 0 saturated carbocycles. The third kappa shape index (κ3) is 3.87. The number of carboxylic acids is 1. The molecule has 0 saturated heterocycles. The van der Waals surface area contributed by atoms with Crippen LogP contribution in [0.4, 0.5) is 0 Å². The van der Waals surface area contributed by atoms with Gasteiger partial charge >= 0.3 is 5.97 Å². The van der Waals surface area contributed by atoms with E-state index < -0.39 is 12.0 Å². The van der Waals surface area contributed by atoms with E-state index in [4.69, 9.17) is 20.3 Å². The van der Waals surface area contributed by atoms with Crippen molar-refractivity contribution in [1.82, 2.24) is 0 Å². The van der Waals surface area contributed by atoms with Crippen molar-refractivity contribution in [1.29, 1.82) is 0 Å². The van der Waals surface area contributed by atoms with Crippen LogP contribution in [0.3, 0.4) is 0 Å². The first-order valence-corrected chi connectivity index (χ1v) is 6.63. The van der Waals surface area contributed by atoms with Gasteiger partial charge in [0.05, 0.1) is 14.2 Å². The lowest BCUT2D eigenvalue weighted by atomic mass is 9.95. The van der Waals surface area contributed by atoms with E-state index >= 15 is 0 Å². The second-order valence-electron chi connectivity index (χ2n) is 5.03. The van der Waals surface area contributed by atoms with Crippen molar-refractivity contribution >= 4 is 5.97 Å². The maximum Gasteiger partial charge on any atom is 0.303 e. The number of carbonyl (C=O) groups is 1. The van der Waals surface area contributed by atoms with Gasteiger partial charge in [-0.25, -0.2) is 0 Å². The standard InChI is InChI=1S/C15H23NO4/c1-9(2)10-7-14(20-4)11(8-13(10)19-3)12(16)5-6-15(17)18/h7-9,12H,5-6,16H2,1-4H3,(H,17,18). The quantitative estimate of drug-likeness (QED) is 0.803. The van der Waals surface area contributed by atoms with Crippen LogP contribution in [0, 0.1) is 0 Å². The van der Waals surface area contributed by atoms with Gasteiger partial charge in [0.2, 0.25) is 0 Å². The Labute approximate surface area is 119 Å². The van der Waals surface area contributed by atoms with Gasteiger partial charge in [-0.1, -0.05) is 13.8 Å². The summed E-state index contributed by atoms with van der Waals surface area (Å²) in [7, 11) is 3.19. The highest BCUT2D eigenvalue weighted by atomic mass is 16.5. The molecule has 1 unspecified atom stereocenters. The predicted octanol–water partition coefficient (Wildman–Crippen LogP) is 2.69. The Hall–Kier alpha value is -1.75. The zero-order valence-corrected chi connectivity index (χ0v) is 12.5. The maximum atomic E-state index is 10.6. The summed E-state index contributed by atoms with van der Waals surface area (Å²) in [5, 5.41) is 8.74. The summed E-state index contributed by atoms with van der Waals surface area (Å²) in [4.78, 5) is 10.6. The topological polar surface area (TPSA) is 81.8 Å². The number of nitrogens with two attached hydrogens (primary N) is 1. The minimum atomic E-state index is -0.856. The largest absolute Gasteiger partial charge is 0.496 e. The number of hydrogen-bond acceptors (Lipinski definition) is 4. The molecule has 5 heteroatoms. The van der Waals surface area contributed by atoms with E-state index in [0.717, 1.165) is 16.9 Å². The van der Waals surface area contributed by atoms with Gasteiger partial charge < -0.3 is 20.3 Å². The zero-order chi connectivity index (χ0) is 15.3. The first kappa shape index (κ1) is 16.3. The molecule has 0 aliphatic carbocycles. The van der Waals surface area contributed by atoms with Gasteiger partial charge in [0.25, 0.3) is 0 Å². The number of rotatable bonds is 7. The van der Waals surface area contributed by atoms with Crippen molar-refractivity contribution < 1.29 is 19.4 Å². The molecule has 0 heterocycles. The van der Waals surface area contributed by atoms with Crippen LogP contribution >= 0.6 is 0 Å². The first-order valence-electron chi connectivity index (χ1n) is 6.63. The number of carboxylic acid groups (broad SMARTS) is 1. The van der Waals surface area contributed by atoms with E-state index in [-0.39, 0.29) is 6.42 Å². The summed E-state index contributed by atoms with van der Waals surface area (Å²) in [6, 6.07) is 3.37. The van der Waals surface area contributed by atoms with Gasteiger partial charge in [0.1, 0.15) is 11.5 Å². The zero-order valence-electron chi connectivity index (χ0n) is 12.5. The van der Waals surface area contributed by atoms with Crippen LogP contribution < -0.4 is 15.2 Å². The summed E-state index contributed by atoms with van der Waals surface area (Å²) < 4.78 is 10.8. The molecular weight excluding hydrogens is 258 g/mol. The molecule has 3 N–H and O–H groups in total. The summed E-state index contributed by atoms with van der Waals surface area (Å²) in [5.41, 5.74) is 7.88. The Morgan fingerprint density at radius 1 is 1.20 bits per heavy atom. The van der Waals surface area contributed by atoms with Crippen molar-refractivity contribution in [2.24, 2.45) is 5.73 Å². The van der Waals surface area contributed by atoms with Crippen LogP contribution in [-0.2, 0) is 4.79 Å². The number of ether oxygens (including phenoxy) is 2. The number of aliphatic carboxylic acids is 1. The monoisotopic (exact) mass is 281 g/mol. The van der Waals surface area contributed by atoms with Gasteiger partial charge in [0, 0.05) is 23.6 Å². The van der Waals surface area contributed by atoms with Crippen molar-refractivity contribution in [3.05, 3.63) is 23.3 Å². The molecule has 0 spiro atoms. The van der Waals surface area contributed by atoms with Crippen molar-refractivity contribution in [2.75, 3.05) is 14.2 Å². The normalized spacial score (nSPS) is 12.3. The molecule has 0 aromatic heterocycles. The summed E-state index contributed by atoms with van der Waals surface area (Å²) in [5.74, 6) is 0.863. The molecule has 112 valence electrons. The van der Waals surface area contributed by atoms with Crippen molar-refractivity contribution in [3.63, 3.8) is 0 Å². The van der Waals surface area contributed by atoms with Gasteiger partial charge in [0.15, 0.2) is 0 Å². The highest BCUT2D eigenvalue weighted by molar-refractivity contribution is 5.66. The van der Waals surface area contributed by atoms with E-state index in [9.17, 15) is 4.79 Å². The Bertz CT molecular complexity index is 471. The van der Waals surface area contributed by atoms with Crippen LogP contribution in [0.2, 0.25) is 0 Å². The van der Waals surface area contributed by atoms with Crippen LogP contribution in [0.15, 0.2) is 12.1 Å². The lowest BCUT2D eigenvalue weighted by molar-refractivity contribution is -0.137. The Kier molecular flexibility index (Phi) is 5.82. The highest BCUT2D eigenvalue weighted by Crippen LogP contribution is 2.36. The average molecular weight is 281 g/mol. The fourth-order valence-corrected chi connectivity index (χ4v) is 2.12. The summed E-state index contributed by atoms with van der Waals surface area (Å²) in [6.07, 6.45) is 0.383. The van der Waals surface area contributed by atoms with Crippen LogP contribution in [0.5, 0.6) is 11.5 Å². The molecule has 1 aromatic rings. The van der Waals surface area contributed by atoms with Crippen molar-refractivity contribution in [3.8, 4) is 11.5 Å². The van der Waals surface area contributed by atoms with Crippen LogP contribution in [0.25, 0.3) is 0 Å². The Morgan fingerprint density at radius 3 is 2.15 bits per heavy atom. The molecule has 0 radical (unpaired) electrons. The molecule has 0 aliphatic rings. The molecule has 5 nitrogen and oxygen atoms in total. The van der Waals surface area contributed by atoms with E-state index in [1.165, 1.54) is 0 Å². The van der Waals surface area contributed by atoms with Crippen LogP contribution in [0.1, 0.15) is 49.8 Å². The fraction of sp³-hybridized carbons (Fsp3) is 0.533. The second kappa shape index (κ2) is 7.14. The average Bonchev–Trinajstić information content (AvgIpc) is 2.42. The SMILES string of the molecule is COc1cc(C(N)CCC(=O)O)c(OC)cc1C(C)C. The summed E-state index contributed by atoms with van der Waals surface area (Å²) in [6.45, 7) is 4.14. The second-order valence-corrected chi connectivity index (χ2v) is 5.03. The van der Waals surface area contributed by atoms with E-state index in [2.05, 4.69) is 13.8 Å². The molecule has 1 atom stereocenters. The number of hydrogen-bond donors (Lipinski definition) is 2. The fourth-order valence-electron chi connectivity index (χ4n) is 2.12. The Balaban J connectivity index is 3.14. The molecule has 1 aromatic carbocycles. The minimum Gasteiger partial charge on any atom is -0.496 e. The van der Waals surface area contributed by atoms with Gasteiger partial charge in [-0.15, -0.1) is 0 Å². The highest BCUT2D eigenvalue weighted by Gasteiger charge is 2.18. The smallest absolute Gasteiger partial charge is 0.303 e.